The molecule has 0 amide bonds. The molecule has 4 rings (SSSR count). The molecule has 2 aromatic rings. The van der Waals surface area contributed by atoms with Crippen molar-refractivity contribution < 1.29 is 55.7 Å². The normalized spacial score (nSPS) is 20.1. The zero-order valence-corrected chi connectivity index (χ0v) is 23.9. The van der Waals surface area contributed by atoms with Crippen molar-refractivity contribution in [3.63, 3.8) is 0 Å². The van der Waals surface area contributed by atoms with Gasteiger partial charge in [-0.1, -0.05) is 38.1 Å². The number of allylic oxidation sites excluding steroid dienone is 6. The zero-order valence-electron chi connectivity index (χ0n) is 20.3. The van der Waals surface area contributed by atoms with Crippen LogP contribution in [0.15, 0.2) is 82.3 Å². The first-order valence-corrected chi connectivity index (χ1v) is 14.0. The summed E-state index contributed by atoms with van der Waals surface area (Å²) in [6.07, 6.45) is 6.36. The van der Waals surface area contributed by atoms with Gasteiger partial charge >= 0.3 is 29.6 Å². The Bertz CT molecular complexity index is 1520. The van der Waals surface area contributed by atoms with Gasteiger partial charge < -0.3 is 15.2 Å². The van der Waals surface area contributed by atoms with Crippen LogP contribution in [0.2, 0.25) is 0 Å². The van der Waals surface area contributed by atoms with E-state index in [1.54, 1.807) is 30.4 Å². The van der Waals surface area contributed by atoms with Crippen LogP contribution in [0.1, 0.15) is 36.2 Å². The van der Waals surface area contributed by atoms with Crippen LogP contribution in [0, 0.1) is 0 Å². The minimum atomic E-state index is -4.34. The Morgan fingerprint density at radius 2 is 1.75 bits per heavy atom. The van der Waals surface area contributed by atoms with Crippen molar-refractivity contribution >= 4 is 37.1 Å². The van der Waals surface area contributed by atoms with Gasteiger partial charge in [-0.3, -0.25) is 4.79 Å². The number of nitrogens with two attached hydrogens (primary N) is 1. The Morgan fingerprint density at radius 1 is 1.08 bits per heavy atom. The van der Waals surface area contributed by atoms with E-state index >= 15 is 0 Å². The molecule has 2 heterocycles. The number of benzene rings is 2. The Labute approximate surface area is 233 Å². The molecule has 0 saturated heterocycles. The molecule has 2 aliphatic rings. The number of anilines is 2. The second kappa shape index (κ2) is 10.3. The number of nitrogen functional groups attached to an aromatic ring is 1. The predicted molar refractivity (Wildman–Crippen MR) is 134 cm³/mol. The molecule has 0 atom stereocenters. The largest absolute Gasteiger partial charge is 1.00 e. The number of ketones is 1. The molecule has 0 bridgehead atoms. The van der Waals surface area contributed by atoms with Crippen LogP contribution >= 0.6 is 0 Å². The van der Waals surface area contributed by atoms with Crippen LogP contribution in [-0.2, 0) is 25.4 Å². The van der Waals surface area contributed by atoms with Crippen LogP contribution in [-0.4, -0.2) is 39.5 Å². The van der Waals surface area contributed by atoms with Gasteiger partial charge in [0.1, 0.15) is 4.91 Å². The molecule has 36 heavy (non-hydrogen) atoms. The molecule has 2 aromatic carbocycles. The molecule has 0 fully saturated rings. The summed E-state index contributed by atoms with van der Waals surface area (Å²) in [5, 5.41) is 0. The summed E-state index contributed by atoms with van der Waals surface area (Å²) >= 11 is 0. The van der Waals surface area contributed by atoms with Crippen molar-refractivity contribution in [2.45, 2.75) is 30.6 Å². The van der Waals surface area contributed by atoms with Gasteiger partial charge in [0.15, 0.2) is 0 Å². The average Bonchev–Trinajstić information content (AvgIpc) is 3.09. The standard InChI is InChI=1S/C25H26N2O6S2.Na/c1-25(2)19-16-17(26)12-13-20(19)27(14-7-15-34(29,30)31)23(25)11-6-5-10-22-24(28)18-8-3-4-9-21(18)35(22,32)33;/h3-6,8-13,16H,7,14-15,26H2,1-2H3,(H,29,30,31);/q;+1/p-1/b6-5+,22-10-,23-11-;. The van der Waals surface area contributed by atoms with Gasteiger partial charge in [-0.25, -0.2) is 16.8 Å². The minimum absolute atomic E-state index is 0. The van der Waals surface area contributed by atoms with Crippen molar-refractivity contribution in [1.82, 2.24) is 0 Å². The molecule has 0 unspecified atom stereocenters. The maximum atomic E-state index is 12.7. The van der Waals surface area contributed by atoms with E-state index in [0.29, 0.717) is 12.2 Å². The van der Waals surface area contributed by atoms with Crippen molar-refractivity contribution in [3.05, 3.63) is 88.5 Å². The molecule has 0 saturated carbocycles. The van der Waals surface area contributed by atoms with Gasteiger partial charge in [0, 0.05) is 40.3 Å². The molecule has 0 radical (unpaired) electrons. The van der Waals surface area contributed by atoms with E-state index in [0.717, 1.165) is 16.9 Å². The minimum Gasteiger partial charge on any atom is -0.748 e. The van der Waals surface area contributed by atoms with Crippen molar-refractivity contribution in [3.8, 4) is 0 Å². The Hall–Kier alpha value is -2.21. The number of nitrogens with zero attached hydrogens (tertiary/aromatic N) is 1. The number of carbonyl (C=O) groups excluding carboxylic acids is 1. The molecule has 0 aromatic heterocycles. The van der Waals surface area contributed by atoms with Gasteiger partial charge in [-0.05, 0) is 54.5 Å². The summed E-state index contributed by atoms with van der Waals surface area (Å²) in [6.45, 7) is 4.29. The Balaban J connectivity index is 0.00000361. The monoisotopic (exact) mass is 536 g/mol. The Kier molecular flexibility index (Phi) is 8.10. The first-order valence-electron chi connectivity index (χ1n) is 10.9. The van der Waals surface area contributed by atoms with Crippen LogP contribution in [0.5, 0.6) is 0 Å². The number of hydrogen-bond donors (Lipinski definition) is 1. The van der Waals surface area contributed by atoms with Crippen LogP contribution in [0.4, 0.5) is 11.4 Å². The summed E-state index contributed by atoms with van der Waals surface area (Å²) < 4.78 is 58.8. The van der Waals surface area contributed by atoms with Crippen LogP contribution < -0.4 is 40.2 Å². The van der Waals surface area contributed by atoms with Crippen molar-refractivity contribution in [2.24, 2.45) is 0 Å². The number of fused-ring (bicyclic) bond motifs is 2. The molecular weight excluding hydrogens is 511 g/mol. The average molecular weight is 537 g/mol. The van der Waals surface area contributed by atoms with E-state index in [2.05, 4.69) is 0 Å². The number of Topliss-reactive ketones (excluding diaryl/α,β-unsaturated/α-hetero) is 1. The second-order valence-corrected chi connectivity index (χ2v) is 12.4. The molecule has 2 N–H and O–H groups in total. The topological polar surface area (TPSA) is 138 Å². The van der Waals surface area contributed by atoms with E-state index in [-0.39, 0.29) is 51.3 Å². The van der Waals surface area contributed by atoms with E-state index < -0.39 is 36.9 Å². The number of hydrogen-bond acceptors (Lipinski definition) is 8. The summed E-state index contributed by atoms with van der Waals surface area (Å²) in [5.41, 5.74) is 8.87. The quantitative estimate of drug-likeness (QED) is 0.241. The summed E-state index contributed by atoms with van der Waals surface area (Å²) in [5.74, 6) is -1.02. The molecule has 11 heteroatoms. The number of rotatable bonds is 6. The second-order valence-electron chi connectivity index (χ2n) is 8.97. The fourth-order valence-corrected chi connectivity index (χ4v) is 6.59. The maximum absolute atomic E-state index is 12.7. The van der Waals surface area contributed by atoms with Crippen molar-refractivity contribution in [2.75, 3.05) is 22.9 Å². The number of sulfone groups is 1. The molecular formula is C25H25N2NaO6S2. The van der Waals surface area contributed by atoms with E-state index in [4.69, 9.17) is 5.73 Å². The summed E-state index contributed by atoms with van der Waals surface area (Å²) in [7, 11) is -8.22. The molecule has 184 valence electrons. The van der Waals surface area contributed by atoms with Crippen LogP contribution in [0.25, 0.3) is 0 Å². The van der Waals surface area contributed by atoms with Gasteiger partial charge in [-0.2, -0.15) is 0 Å². The van der Waals surface area contributed by atoms with Gasteiger partial charge in [-0.15, -0.1) is 0 Å². The fraction of sp³-hybridized carbons (Fsp3) is 0.240. The van der Waals surface area contributed by atoms with Crippen molar-refractivity contribution in [1.29, 1.82) is 0 Å². The smallest absolute Gasteiger partial charge is 0.748 e. The number of carbonyl (C=O) groups is 1. The summed E-state index contributed by atoms with van der Waals surface area (Å²) in [4.78, 5) is 14.3. The molecule has 2 aliphatic heterocycles. The first kappa shape index (κ1) is 28.4. The van der Waals surface area contributed by atoms with Crippen LogP contribution in [0.3, 0.4) is 0 Å². The first-order chi connectivity index (χ1) is 16.3. The summed E-state index contributed by atoms with van der Waals surface area (Å²) in [6, 6.07) is 11.6. The zero-order chi connectivity index (χ0) is 25.6. The molecule has 0 spiro atoms. The maximum Gasteiger partial charge on any atom is 1.00 e. The third-order valence-electron chi connectivity index (χ3n) is 6.24. The van der Waals surface area contributed by atoms with Gasteiger partial charge in [0.05, 0.1) is 15.0 Å². The van der Waals surface area contributed by atoms with E-state index in [1.807, 2.05) is 30.9 Å². The van der Waals surface area contributed by atoms with E-state index in [1.165, 1.54) is 24.3 Å². The SMILES string of the molecule is CC1(C)/C(=C/C=C/C=C2/C(=O)c3ccccc3S2(=O)=O)N(CCCS(=O)(=O)[O-])c2ccc(N)cc21.[Na+]. The van der Waals surface area contributed by atoms with Gasteiger partial charge in [0.25, 0.3) is 0 Å². The van der Waals surface area contributed by atoms with E-state index in [9.17, 15) is 26.2 Å². The molecule has 0 aliphatic carbocycles. The third kappa shape index (κ3) is 5.25. The fourth-order valence-electron chi connectivity index (χ4n) is 4.55. The molecule has 8 nitrogen and oxygen atoms in total. The Morgan fingerprint density at radius 3 is 2.42 bits per heavy atom. The third-order valence-corrected chi connectivity index (χ3v) is 8.86. The predicted octanol–water partition coefficient (Wildman–Crippen LogP) is 0.300. The van der Waals surface area contributed by atoms with Gasteiger partial charge in [0.2, 0.25) is 15.6 Å².